The first-order valence-corrected chi connectivity index (χ1v) is 14.8. The standard InChI is InChI=1S/C27H41N3O3S/c1-2-3-18-33-25-14-16-26(17-15-25)34(31,32)30(20-24-19-28-21-29-24)27(22-10-6-4-7-11-22)23-12-8-5-9-13-23/h14-17,19,21-23,27H,2-13,18,20H2,1H3,(H,28,29). The van der Waals surface area contributed by atoms with Gasteiger partial charge >= 0.3 is 0 Å². The summed E-state index contributed by atoms with van der Waals surface area (Å²) in [5, 5.41) is 0. The maximum atomic E-state index is 14.2. The van der Waals surface area contributed by atoms with Gasteiger partial charge in [0.15, 0.2) is 0 Å². The molecule has 1 N–H and O–H groups in total. The summed E-state index contributed by atoms with van der Waals surface area (Å²) in [7, 11) is -3.69. The molecule has 0 saturated heterocycles. The van der Waals surface area contributed by atoms with E-state index < -0.39 is 10.0 Å². The van der Waals surface area contributed by atoms with Crippen LogP contribution < -0.4 is 4.74 Å². The van der Waals surface area contributed by atoms with Gasteiger partial charge < -0.3 is 9.72 Å². The fraction of sp³-hybridized carbons (Fsp3) is 0.667. The molecule has 2 aliphatic carbocycles. The molecule has 0 bridgehead atoms. The minimum Gasteiger partial charge on any atom is -0.494 e. The second-order valence-corrected chi connectivity index (χ2v) is 12.0. The summed E-state index contributed by atoms with van der Waals surface area (Å²) in [4.78, 5) is 7.67. The Kier molecular flexibility index (Phi) is 9.06. The van der Waals surface area contributed by atoms with Gasteiger partial charge in [0, 0.05) is 17.9 Å². The van der Waals surface area contributed by atoms with Crippen molar-refractivity contribution in [2.24, 2.45) is 11.8 Å². The molecule has 0 spiro atoms. The van der Waals surface area contributed by atoms with Gasteiger partial charge in [-0.05, 0) is 68.2 Å². The summed E-state index contributed by atoms with van der Waals surface area (Å²) in [6, 6.07) is 7.07. The Hall–Kier alpha value is -1.86. The van der Waals surface area contributed by atoms with Gasteiger partial charge in [0.05, 0.1) is 24.4 Å². The van der Waals surface area contributed by atoms with Crippen molar-refractivity contribution < 1.29 is 13.2 Å². The number of unbranched alkanes of at least 4 members (excludes halogenated alkanes) is 1. The van der Waals surface area contributed by atoms with Crippen LogP contribution in [0.4, 0.5) is 0 Å². The van der Waals surface area contributed by atoms with Crippen molar-refractivity contribution >= 4 is 10.0 Å². The molecule has 4 rings (SSSR count). The predicted molar refractivity (Wildman–Crippen MR) is 135 cm³/mol. The molecule has 0 unspecified atom stereocenters. The highest BCUT2D eigenvalue weighted by molar-refractivity contribution is 7.89. The highest BCUT2D eigenvalue weighted by Crippen LogP contribution is 2.41. The molecule has 7 heteroatoms. The van der Waals surface area contributed by atoms with Gasteiger partial charge in [0.25, 0.3) is 0 Å². The zero-order valence-corrected chi connectivity index (χ0v) is 21.4. The van der Waals surface area contributed by atoms with E-state index in [-0.39, 0.29) is 6.04 Å². The van der Waals surface area contributed by atoms with Crippen LogP contribution in [0.1, 0.15) is 89.7 Å². The van der Waals surface area contributed by atoms with Crippen molar-refractivity contribution in [2.45, 2.75) is 101 Å². The number of rotatable bonds is 11. The van der Waals surface area contributed by atoms with Crippen molar-refractivity contribution in [3.8, 4) is 5.75 Å². The molecule has 1 heterocycles. The summed E-state index contributed by atoms with van der Waals surface area (Å²) in [6.07, 6.45) is 17.3. The molecule has 0 aliphatic heterocycles. The molecular formula is C27H41N3O3S. The Bertz CT molecular complexity index is 930. The number of nitrogens with zero attached hydrogens (tertiary/aromatic N) is 2. The molecule has 6 nitrogen and oxygen atoms in total. The number of H-pyrrole nitrogens is 1. The second kappa shape index (κ2) is 12.2. The van der Waals surface area contributed by atoms with Gasteiger partial charge in [-0.25, -0.2) is 13.4 Å². The molecule has 34 heavy (non-hydrogen) atoms. The fourth-order valence-electron chi connectivity index (χ4n) is 5.87. The Morgan fingerprint density at radius 3 is 2.15 bits per heavy atom. The number of benzene rings is 1. The van der Waals surface area contributed by atoms with E-state index >= 15 is 0 Å². The summed E-state index contributed by atoms with van der Waals surface area (Å²) in [5.41, 5.74) is 0.847. The van der Waals surface area contributed by atoms with Crippen molar-refractivity contribution in [1.29, 1.82) is 0 Å². The smallest absolute Gasteiger partial charge is 0.243 e. The molecule has 0 radical (unpaired) electrons. The number of hydrogen-bond acceptors (Lipinski definition) is 4. The molecule has 1 aromatic heterocycles. The third-order valence-electron chi connectivity index (χ3n) is 7.68. The van der Waals surface area contributed by atoms with Crippen molar-refractivity contribution in [2.75, 3.05) is 6.61 Å². The van der Waals surface area contributed by atoms with E-state index in [1.807, 2.05) is 4.31 Å². The topological polar surface area (TPSA) is 75.3 Å². The number of aromatic amines is 1. The normalized spacial score (nSPS) is 18.6. The maximum Gasteiger partial charge on any atom is 0.243 e. The Morgan fingerprint density at radius 1 is 1.00 bits per heavy atom. The average molecular weight is 488 g/mol. The van der Waals surface area contributed by atoms with Crippen LogP contribution in [0.25, 0.3) is 0 Å². The van der Waals surface area contributed by atoms with Gasteiger partial charge in [0.2, 0.25) is 10.0 Å². The highest BCUT2D eigenvalue weighted by Gasteiger charge is 2.41. The minimum atomic E-state index is -3.69. The van der Waals surface area contributed by atoms with Gasteiger partial charge in [0.1, 0.15) is 5.75 Å². The van der Waals surface area contributed by atoms with Crippen LogP contribution in [0.2, 0.25) is 0 Å². The van der Waals surface area contributed by atoms with E-state index in [9.17, 15) is 8.42 Å². The zero-order chi connectivity index (χ0) is 23.8. The van der Waals surface area contributed by atoms with E-state index in [1.165, 1.54) is 38.5 Å². The van der Waals surface area contributed by atoms with E-state index in [1.54, 1.807) is 36.8 Å². The molecular weight excluding hydrogens is 446 g/mol. The molecule has 2 aliphatic rings. The average Bonchev–Trinajstić information content (AvgIpc) is 3.39. The van der Waals surface area contributed by atoms with Crippen LogP contribution in [0, 0.1) is 11.8 Å². The summed E-state index contributed by atoms with van der Waals surface area (Å²) < 4.78 is 36.0. The number of nitrogens with one attached hydrogen (secondary N) is 1. The first-order chi connectivity index (χ1) is 16.6. The van der Waals surface area contributed by atoms with Crippen LogP contribution in [-0.2, 0) is 16.6 Å². The molecule has 2 aromatic rings. The van der Waals surface area contributed by atoms with Crippen molar-refractivity contribution in [3.05, 3.63) is 42.5 Å². The number of sulfonamides is 1. The quantitative estimate of drug-likeness (QED) is 0.377. The van der Waals surface area contributed by atoms with Crippen molar-refractivity contribution in [1.82, 2.24) is 14.3 Å². The van der Waals surface area contributed by atoms with E-state index in [4.69, 9.17) is 4.74 Å². The van der Waals surface area contributed by atoms with E-state index in [0.29, 0.717) is 29.9 Å². The lowest BCUT2D eigenvalue weighted by Crippen LogP contribution is -2.49. The number of imidazole rings is 1. The van der Waals surface area contributed by atoms with Gasteiger partial charge in [-0.2, -0.15) is 4.31 Å². The third-order valence-corrected chi connectivity index (χ3v) is 9.53. The fourth-order valence-corrected chi connectivity index (χ4v) is 7.60. The van der Waals surface area contributed by atoms with Crippen LogP contribution in [-0.4, -0.2) is 35.3 Å². The summed E-state index contributed by atoms with van der Waals surface area (Å²) >= 11 is 0. The summed E-state index contributed by atoms with van der Waals surface area (Å²) in [5.74, 6) is 1.57. The van der Waals surface area contributed by atoms with E-state index in [2.05, 4.69) is 16.9 Å². The van der Waals surface area contributed by atoms with Gasteiger partial charge in [-0.15, -0.1) is 0 Å². The lowest BCUT2D eigenvalue weighted by Gasteiger charge is -2.43. The third kappa shape index (κ3) is 6.22. The lowest BCUT2D eigenvalue weighted by molar-refractivity contribution is 0.106. The Labute approximate surface area is 205 Å². The highest BCUT2D eigenvalue weighted by atomic mass is 32.2. The van der Waals surface area contributed by atoms with Crippen LogP contribution in [0.5, 0.6) is 5.75 Å². The number of aromatic nitrogens is 2. The predicted octanol–water partition coefficient (Wildman–Crippen LogP) is 6.31. The first-order valence-electron chi connectivity index (χ1n) is 13.3. The van der Waals surface area contributed by atoms with Gasteiger partial charge in [-0.1, -0.05) is 51.9 Å². The maximum absolute atomic E-state index is 14.2. The molecule has 188 valence electrons. The zero-order valence-electron chi connectivity index (χ0n) is 20.6. The van der Waals surface area contributed by atoms with E-state index in [0.717, 1.165) is 50.0 Å². The molecule has 2 fully saturated rings. The second-order valence-electron chi connectivity index (χ2n) is 10.1. The monoisotopic (exact) mass is 487 g/mol. The van der Waals surface area contributed by atoms with Crippen molar-refractivity contribution in [3.63, 3.8) is 0 Å². The van der Waals surface area contributed by atoms with Crippen LogP contribution in [0.15, 0.2) is 41.7 Å². The molecule has 1 aromatic carbocycles. The number of ether oxygens (including phenoxy) is 1. The Balaban J connectivity index is 1.66. The molecule has 0 amide bonds. The minimum absolute atomic E-state index is 0.0365. The van der Waals surface area contributed by atoms with Gasteiger partial charge in [-0.3, -0.25) is 0 Å². The largest absolute Gasteiger partial charge is 0.494 e. The van der Waals surface area contributed by atoms with Crippen LogP contribution >= 0.6 is 0 Å². The Morgan fingerprint density at radius 2 is 1.62 bits per heavy atom. The summed E-state index contributed by atoms with van der Waals surface area (Å²) in [6.45, 7) is 3.12. The molecule has 2 saturated carbocycles. The first kappa shape index (κ1) is 25.2. The lowest BCUT2D eigenvalue weighted by atomic mass is 9.73. The SMILES string of the molecule is CCCCOc1ccc(S(=O)(=O)N(Cc2cnc[nH]2)C(C2CCCCC2)C2CCCCC2)cc1. The van der Waals surface area contributed by atoms with Crippen LogP contribution in [0.3, 0.4) is 0 Å². The number of hydrogen-bond donors (Lipinski definition) is 1. The molecule has 0 atom stereocenters.